The van der Waals surface area contributed by atoms with Crippen LogP contribution in [0.15, 0.2) is 28.2 Å². The molecule has 146 valence electrons. The molecule has 2 saturated carbocycles. The number of nitrogens with zero attached hydrogens (tertiary/aromatic N) is 4. The van der Waals surface area contributed by atoms with Crippen LogP contribution in [0.3, 0.4) is 0 Å². The summed E-state index contributed by atoms with van der Waals surface area (Å²) in [7, 11) is 0. The molecule has 4 atom stereocenters. The predicted octanol–water partition coefficient (Wildman–Crippen LogP) is 2.32. The van der Waals surface area contributed by atoms with Crippen molar-refractivity contribution >= 4 is 12.4 Å². The lowest BCUT2D eigenvalue weighted by Crippen LogP contribution is -2.52. The van der Waals surface area contributed by atoms with Gasteiger partial charge in [-0.25, -0.2) is 9.99 Å². The number of aromatic nitrogens is 1. The summed E-state index contributed by atoms with van der Waals surface area (Å²) in [6.07, 6.45) is 13.4. The van der Waals surface area contributed by atoms with Crippen molar-refractivity contribution in [3.8, 4) is 0 Å². The summed E-state index contributed by atoms with van der Waals surface area (Å²) in [5.74, 6) is 6.48. The fraction of sp³-hybridized carbons (Fsp3) is 0.667. The maximum atomic E-state index is 6.48. The molecule has 1 aromatic heterocycles. The second-order valence-corrected chi connectivity index (χ2v) is 8.11. The van der Waals surface area contributed by atoms with Gasteiger partial charge in [0, 0.05) is 37.6 Å². The molecule has 27 heavy (non-hydrogen) atoms. The molecule has 1 aliphatic heterocycles. The van der Waals surface area contributed by atoms with E-state index in [0.29, 0.717) is 18.1 Å². The summed E-state index contributed by atoms with van der Waals surface area (Å²) < 4.78 is 0. The summed E-state index contributed by atoms with van der Waals surface area (Å²) in [5, 5.41) is 5.76. The van der Waals surface area contributed by atoms with Gasteiger partial charge in [0.05, 0.1) is 23.5 Å². The Hall–Kier alpha value is -1.63. The minimum absolute atomic E-state index is 0.260. The molecule has 2 bridgehead atoms. The van der Waals surface area contributed by atoms with E-state index in [1.54, 1.807) is 0 Å². The topological polar surface area (TPSA) is 78.9 Å². The van der Waals surface area contributed by atoms with Crippen molar-refractivity contribution in [3.63, 3.8) is 0 Å². The Morgan fingerprint density at radius 1 is 0.889 bits per heavy atom. The van der Waals surface area contributed by atoms with E-state index in [1.165, 1.54) is 32.1 Å². The van der Waals surface area contributed by atoms with Gasteiger partial charge >= 0.3 is 0 Å². The van der Waals surface area contributed by atoms with Crippen molar-refractivity contribution in [2.24, 2.45) is 15.8 Å². The molecule has 3 N–H and O–H groups in total. The average molecular weight is 369 g/mol. The first-order valence-electron chi connectivity index (χ1n) is 10.6. The normalized spacial score (nSPS) is 32.8. The van der Waals surface area contributed by atoms with Gasteiger partial charge in [-0.3, -0.25) is 15.8 Å². The molecule has 0 radical (unpaired) electrons. The molecule has 6 heteroatoms. The first-order chi connectivity index (χ1) is 13.3. The van der Waals surface area contributed by atoms with E-state index in [9.17, 15) is 0 Å². The third kappa shape index (κ3) is 4.81. The van der Waals surface area contributed by atoms with Crippen molar-refractivity contribution in [1.82, 2.24) is 15.3 Å². The molecule has 0 aromatic carbocycles. The highest BCUT2D eigenvalue weighted by Gasteiger charge is 2.29. The lowest BCUT2D eigenvalue weighted by molar-refractivity contribution is 0.138. The van der Waals surface area contributed by atoms with Crippen LogP contribution in [0, 0.1) is 0 Å². The van der Waals surface area contributed by atoms with E-state index in [1.807, 2.05) is 35.6 Å². The van der Waals surface area contributed by atoms with Gasteiger partial charge in [-0.15, -0.1) is 0 Å². The first-order valence-corrected chi connectivity index (χ1v) is 10.6. The second-order valence-electron chi connectivity index (χ2n) is 8.11. The Bertz CT molecular complexity index is 672. The second kappa shape index (κ2) is 9.04. The molecule has 3 aliphatic rings. The highest BCUT2D eigenvalue weighted by Crippen LogP contribution is 2.25. The molecule has 0 unspecified atom stereocenters. The molecular formula is C21H32N6. The number of rotatable bonds is 0. The van der Waals surface area contributed by atoms with Crippen LogP contribution in [0.2, 0.25) is 0 Å². The van der Waals surface area contributed by atoms with Crippen LogP contribution >= 0.6 is 0 Å². The lowest BCUT2D eigenvalue weighted by atomic mass is 9.90. The third-order valence-electron chi connectivity index (χ3n) is 6.21. The van der Waals surface area contributed by atoms with Crippen LogP contribution in [0.25, 0.3) is 0 Å². The van der Waals surface area contributed by atoms with E-state index >= 15 is 0 Å². The van der Waals surface area contributed by atoms with Gasteiger partial charge in [-0.2, -0.15) is 0 Å². The molecule has 0 amide bonds. The van der Waals surface area contributed by atoms with Gasteiger partial charge < -0.3 is 5.32 Å². The molecule has 4 rings (SSSR count). The van der Waals surface area contributed by atoms with Crippen molar-refractivity contribution in [3.05, 3.63) is 29.6 Å². The Kier molecular flexibility index (Phi) is 6.27. The Morgan fingerprint density at radius 2 is 1.56 bits per heavy atom. The Morgan fingerprint density at radius 3 is 2.37 bits per heavy atom. The first kappa shape index (κ1) is 18.7. The van der Waals surface area contributed by atoms with E-state index in [-0.39, 0.29) is 6.04 Å². The number of fused-ring (bicyclic) bond motifs is 4. The molecule has 2 heterocycles. The number of hydrazine groups is 1. The maximum absolute atomic E-state index is 6.48. The van der Waals surface area contributed by atoms with E-state index in [2.05, 4.69) is 5.32 Å². The Balaban J connectivity index is 1.60. The van der Waals surface area contributed by atoms with Crippen molar-refractivity contribution in [2.45, 2.75) is 75.5 Å². The van der Waals surface area contributed by atoms with Crippen LogP contribution in [0.5, 0.6) is 0 Å². The molecule has 2 aliphatic carbocycles. The monoisotopic (exact) mass is 368 g/mol. The van der Waals surface area contributed by atoms with Crippen LogP contribution < -0.4 is 11.2 Å². The van der Waals surface area contributed by atoms with E-state index in [0.717, 1.165) is 43.7 Å². The SMILES string of the molecule is NN1CCN[C@@H]2CCCC[C@H]2N=Cc2cccc(n2)C=N[C@@H]2CCCC[C@H]21. The zero-order valence-corrected chi connectivity index (χ0v) is 16.1. The summed E-state index contributed by atoms with van der Waals surface area (Å²) in [5.41, 5.74) is 1.82. The minimum atomic E-state index is 0.260. The Labute approximate surface area is 162 Å². The number of nitrogens with two attached hydrogens (primary N) is 1. The third-order valence-corrected chi connectivity index (χ3v) is 6.21. The fourth-order valence-corrected chi connectivity index (χ4v) is 4.68. The van der Waals surface area contributed by atoms with Gasteiger partial charge in [0.1, 0.15) is 0 Å². The minimum Gasteiger partial charge on any atom is -0.311 e. The lowest BCUT2D eigenvalue weighted by Gasteiger charge is -2.36. The summed E-state index contributed by atoms with van der Waals surface area (Å²) in [6.45, 7) is 1.77. The average Bonchev–Trinajstić information content (AvgIpc) is 2.71. The fourth-order valence-electron chi connectivity index (χ4n) is 4.68. The number of aliphatic imine (C=N–C) groups is 2. The highest BCUT2D eigenvalue weighted by molar-refractivity contribution is 5.81. The van der Waals surface area contributed by atoms with Crippen LogP contribution in [0.4, 0.5) is 0 Å². The van der Waals surface area contributed by atoms with Crippen molar-refractivity contribution in [1.29, 1.82) is 0 Å². The molecule has 0 saturated heterocycles. The van der Waals surface area contributed by atoms with E-state index < -0.39 is 0 Å². The van der Waals surface area contributed by atoms with Gasteiger partial charge in [-0.1, -0.05) is 31.7 Å². The predicted molar refractivity (Wildman–Crippen MR) is 110 cm³/mol. The van der Waals surface area contributed by atoms with Crippen molar-refractivity contribution < 1.29 is 0 Å². The standard InChI is InChI=1S/C21H32N6/c22-27-13-12-23-18-8-1-2-9-19(18)24-14-16-6-5-7-17(26-16)15-25-20-10-3-4-11-21(20)27/h5-7,14-15,18-21,23H,1-4,8-13,22H2/t18-,19-,20-,21-/m1/s1. The molecule has 1 aromatic rings. The maximum Gasteiger partial charge on any atom is 0.0815 e. The van der Waals surface area contributed by atoms with Crippen molar-refractivity contribution in [2.75, 3.05) is 13.1 Å². The largest absolute Gasteiger partial charge is 0.311 e. The quantitative estimate of drug-likeness (QED) is 0.689. The smallest absolute Gasteiger partial charge is 0.0815 e. The zero-order chi connectivity index (χ0) is 18.5. The van der Waals surface area contributed by atoms with Crippen LogP contribution in [-0.2, 0) is 0 Å². The number of hydrogen-bond donors (Lipinski definition) is 2. The van der Waals surface area contributed by atoms with Gasteiger partial charge in [0.2, 0.25) is 0 Å². The number of nitrogens with one attached hydrogen (secondary N) is 1. The van der Waals surface area contributed by atoms with Crippen LogP contribution in [0.1, 0.15) is 62.8 Å². The number of hydrogen-bond acceptors (Lipinski definition) is 6. The molecule has 2 fully saturated rings. The summed E-state index contributed by atoms with van der Waals surface area (Å²) in [4.78, 5) is 14.5. The molecule has 0 spiro atoms. The molecule has 6 nitrogen and oxygen atoms in total. The van der Waals surface area contributed by atoms with Gasteiger partial charge in [0.25, 0.3) is 0 Å². The van der Waals surface area contributed by atoms with E-state index in [4.69, 9.17) is 20.8 Å². The van der Waals surface area contributed by atoms with Gasteiger partial charge in [0.15, 0.2) is 0 Å². The molecular weight excluding hydrogens is 336 g/mol. The van der Waals surface area contributed by atoms with Crippen LogP contribution in [-0.4, -0.2) is 59.7 Å². The summed E-state index contributed by atoms with van der Waals surface area (Å²) in [6, 6.07) is 7.43. The summed E-state index contributed by atoms with van der Waals surface area (Å²) >= 11 is 0. The zero-order valence-electron chi connectivity index (χ0n) is 16.1. The van der Waals surface area contributed by atoms with Gasteiger partial charge in [-0.05, 0) is 37.8 Å². The highest BCUT2D eigenvalue weighted by atomic mass is 15.4. The number of pyridine rings is 1.